The van der Waals surface area contributed by atoms with E-state index in [0.29, 0.717) is 0 Å². The molecule has 0 spiro atoms. The predicted octanol–water partition coefficient (Wildman–Crippen LogP) is 5.70. The molecule has 0 atom stereocenters. The highest BCUT2D eigenvalue weighted by molar-refractivity contribution is 6.23. The number of rotatable bonds is 3. The molecule has 0 amide bonds. The molecule has 0 saturated carbocycles. The zero-order valence-corrected chi connectivity index (χ0v) is 11.4. The molecule has 0 unspecified atom stereocenters. The van der Waals surface area contributed by atoms with Gasteiger partial charge >= 0.3 is 0 Å². The molecular formula is C20H16. The Balaban J connectivity index is 2.17. The highest BCUT2D eigenvalue weighted by Gasteiger charge is 2.09. The molecule has 0 aliphatic heterocycles. The lowest BCUT2D eigenvalue weighted by atomic mass is 9.91. The van der Waals surface area contributed by atoms with Gasteiger partial charge in [-0.3, -0.25) is 0 Å². The lowest BCUT2D eigenvalue weighted by molar-refractivity contribution is 1.02. The van der Waals surface area contributed by atoms with Crippen LogP contribution >= 0.6 is 0 Å². The first-order chi connectivity index (χ1) is 9.88. The van der Waals surface area contributed by atoms with Gasteiger partial charge < -0.3 is 0 Å². The SMILES string of the molecule is C=CCCc1ccc2ccc3cccc4ccc1c2c34. The van der Waals surface area contributed by atoms with Crippen LogP contribution in [0, 0.1) is 0 Å². The van der Waals surface area contributed by atoms with Gasteiger partial charge in [0.1, 0.15) is 0 Å². The average molecular weight is 256 g/mol. The summed E-state index contributed by atoms with van der Waals surface area (Å²) >= 11 is 0. The fraction of sp³-hybridized carbons (Fsp3) is 0.100. The summed E-state index contributed by atoms with van der Waals surface area (Å²) < 4.78 is 0. The van der Waals surface area contributed by atoms with Crippen molar-refractivity contribution < 1.29 is 0 Å². The van der Waals surface area contributed by atoms with Crippen molar-refractivity contribution in [2.45, 2.75) is 12.8 Å². The third-order valence-electron chi connectivity index (χ3n) is 4.24. The third-order valence-corrected chi connectivity index (χ3v) is 4.24. The summed E-state index contributed by atoms with van der Waals surface area (Å²) in [6.07, 6.45) is 4.10. The van der Waals surface area contributed by atoms with Crippen LogP contribution in [0.2, 0.25) is 0 Å². The molecule has 0 radical (unpaired) electrons. The number of hydrogen-bond acceptors (Lipinski definition) is 0. The van der Waals surface area contributed by atoms with Crippen molar-refractivity contribution in [2.24, 2.45) is 0 Å². The molecule has 0 bridgehead atoms. The van der Waals surface area contributed by atoms with E-state index in [0.717, 1.165) is 12.8 Å². The first-order valence-corrected chi connectivity index (χ1v) is 7.15. The summed E-state index contributed by atoms with van der Waals surface area (Å²) in [4.78, 5) is 0. The van der Waals surface area contributed by atoms with Gasteiger partial charge in [0.05, 0.1) is 0 Å². The highest BCUT2D eigenvalue weighted by Crippen LogP contribution is 2.36. The summed E-state index contributed by atoms with van der Waals surface area (Å²) in [5, 5.41) is 8.23. The van der Waals surface area contributed by atoms with E-state index in [9.17, 15) is 0 Å². The van der Waals surface area contributed by atoms with E-state index in [1.165, 1.54) is 37.9 Å². The van der Waals surface area contributed by atoms with Crippen molar-refractivity contribution in [1.82, 2.24) is 0 Å². The molecule has 20 heavy (non-hydrogen) atoms. The number of hydrogen-bond donors (Lipinski definition) is 0. The van der Waals surface area contributed by atoms with E-state index in [4.69, 9.17) is 0 Å². The van der Waals surface area contributed by atoms with Crippen LogP contribution in [0.3, 0.4) is 0 Å². The van der Waals surface area contributed by atoms with Crippen LogP contribution < -0.4 is 0 Å². The Morgan fingerprint density at radius 2 is 1.40 bits per heavy atom. The van der Waals surface area contributed by atoms with Crippen LogP contribution in [0.5, 0.6) is 0 Å². The molecule has 4 rings (SSSR count). The second kappa shape index (κ2) is 4.35. The van der Waals surface area contributed by atoms with Gasteiger partial charge in [-0.25, -0.2) is 0 Å². The van der Waals surface area contributed by atoms with Gasteiger partial charge in [0.2, 0.25) is 0 Å². The minimum absolute atomic E-state index is 1.03. The number of allylic oxidation sites excluding steroid dienone is 1. The molecule has 0 heteroatoms. The second-order valence-electron chi connectivity index (χ2n) is 5.41. The monoisotopic (exact) mass is 256 g/mol. The van der Waals surface area contributed by atoms with E-state index in [1.807, 2.05) is 6.08 Å². The fourth-order valence-electron chi connectivity index (χ4n) is 3.27. The third kappa shape index (κ3) is 1.55. The summed E-state index contributed by atoms with van der Waals surface area (Å²) in [7, 11) is 0. The average Bonchev–Trinajstić information content (AvgIpc) is 2.51. The Bertz CT molecular complexity index is 899. The fourth-order valence-corrected chi connectivity index (χ4v) is 3.27. The maximum Gasteiger partial charge on any atom is -0.00240 e. The molecule has 0 aromatic heterocycles. The molecule has 0 saturated heterocycles. The molecule has 0 N–H and O–H groups in total. The minimum atomic E-state index is 1.03. The van der Waals surface area contributed by atoms with Gasteiger partial charge in [-0.1, -0.05) is 60.7 Å². The van der Waals surface area contributed by atoms with Crippen molar-refractivity contribution in [3.8, 4) is 0 Å². The summed E-state index contributed by atoms with van der Waals surface area (Å²) in [5.74, 6) is 0. The Morgan fingerprint density at radius 1 is 0.750 bits per heavy atom. The molecule has 0 aliphatic rings. The highest BCUT2D eigenvalue weighted by atomic mass is 14.1. The van der Waals surface area contributed by atoms with Gasteiger partial charge in [0.25, 0.3) is 0 Å². The Hall–Kier alpha value is -2.34. The molecule has 0 heterocycles. The van der Waals surface area contributed by atoms with E-state index in [-0.39, 0.29) is 0 Å². The zero-order valence-electron chi connectivity index (χ0n) is 11.4. The minimum Gasteiger partial charge on any atom is -0.103 e. The van der Waals surface area contributed by atoms with Gasteiger partial charge in [-0.15, -0.1) is 6.58 Å². The lowest BCUT2D eigenvalue weighted by Crippen LogP contribution is -1.89. The van der Waals surface area contributed by atoms with Gasteiger partial charge in [0, 0.05) is 0 Å². The van der Waals surface area contributed by atoms with Crippen molar-refractivity contribution in [1.29, 1.82) is 0 Å². The van der Waals surface area contributed by atoms with Crippen LogP contribution in [0.15, 0.2) is 67.3 Å². The maximum atomic E-state index is 3.84. The van der Waals surface area contributed by atoms with E-state index in [2.05, 4.69) is 61.2 Å². The Morgan fingerprint density at radius 3 is 2.15 bits per heavy atom. The molecular weight excluding hydrogens is 240 g/mol. The summed E-state index contributed by atoms with van der Waals surface area (Å²) in [6.45, 7) is 3.84. The summed E-state index contributed by atoms with van der Waals surface area (Å²) in [5.41, 5.74) is 1.43. The molecule has 4 aromatic rings. The molecule has 96 valence electrons. The van der Waals surface area contributed by atoms with Gasteiger partial charge in [0.15, 0.2) is 0 Å². The van der Waals surface area contributed by atoms with Crippen LogP contribution in [0.4, 0.5) is 0 Å². The van der Waals surface area contributed by atoms with E-state index >= 15 is 0 Å². The van der Waals surface area contributed by atoms with Crippen LogP contribution in [-0.2, 0) is 6.42 Å². The largest absolute Gasteiger partial charge is 0.103 e. The Labute approximate surface area is 118 Å². The molecule has 0 fully saturated rings. The normalized spacial score (nSPS) is 11.6. The predicted molar refractivity (Wildman–Crippen MR) is 88.7 cm³/mol. The van der Waals surface area contributed by atoms with Crippen molar-refractivity contribution >= 4 is 32.3 Å². The van der Waals surface area contributed by atoms with Crippen LogP contribution in [0.1, 0.15) is 12.0 Å². The first kappa shape index (κ1) is 11.5. The van der Waals surface area contributed by atoms with E-state index < -0.39 is 0 Å². The topological polar surface area (TPSA) is 0 Å². The lowest BCUT2D eigenvalue weighted by Gasteiger charge is -2.13. The number of benzene rings is 4. The van der Waals surface area contributed by atoms with Crippen LogP contribution in [-0.4, -0.2) is 0 Å². The summed E-state index contributed by atoms with van der Waals surface area (Å²) in [6, 6.07) is 20.1. The quantitative estimate of drug-likeness (QED) is 0.325. The van der Waals surface area contributed by atoms with Crippen molar-refractivity contribution in [3.05, 3.63) is 72.8 Å². The number of aryl methyl sites for hydroxylation is 1. The van der Waals surface area contributed by atoms with Gasteiger partial charge in [-0.2, -0.15) is 0 Å². The molecule has 0 nitrogen and oxygen atoms in total. The smallest absolute Gasteiger partial charge is 0.00240 e. The zero-order chi connectivity index (χ0) is 13.5. The van der Waals surface area contributed by atoms with Gasteiger partial charge in [-0.05, 0) is 50.7 Å². The maximum absolute atomic E-state index is 3.84. The first-order valence-electron chi connectivity index (χ1n) is 7.15. The van der Waals surface area contributed by atoms with Crippen LogP contribution in [0.25, 0.3) is 32.3 Å². The van der Waals surface area contributed by atoms with E-state index in [1.54, 1.807) is 0 Å². The second-order valence-corrected chi connectivity index (χ2v) is 5.41. The molecule has 4 aromatic carbocycles. The molecule has 0 aliphatic carbocycles. The Kier molecular flexibility index (Phi) is 2.50. The van der Waals surface area contributed by atoms with Crippen molar-refractivity contribution in [2.75, 3.05) is 0 Å². The van der Waals surface area contributed by atoms with Crippen molar-refractivity contribution in [3.63, 3.8) is 0 Å². The standard InChI is InChI=1S/C20H16/c1-2-3-5-14-8-9-17-11-10-15-6-4-7-16-12-13-18(14)20(17)19(15)16/h2,4,6-13H,1,3,5H2.